The van der Waals surface area contributed by atoms with Crippen LogP contribution in [0.15, 0.2) is 16.7 Å². The number of anilines is 1. The summed E-state index contributed by atoms with van der Waals surface area (Å²) in [5.41, 5.74) is 0. The molecule has 2 nitrogen and oxygen atoms in total. The smallest absolute Gasteiger partial charge is 0.166 e. The van der Waals surface area contributed by atoms with Crippen LogP contribution in [0.3, 0.4) is 0 Å². The number of pyridine rings is 1. The lowest BCUT2D eigenvalue weighted by atomic mass is 10.4. The van der Waals surface area contributed by atoms with E-state index in [1.165, 1.54) is 18.9 Å². The fraction of sp³-hybridized carbons (Fsp3) is 0.500. The first kappa shape index (κ1) is 11.2. The quantitative estimate of drug-likeness (QED) is 0.921. The molecule has 1 aromatic heterocycles. The van der Waals surface area contributed by atoms with Crippen molar-refractivity contribution in [2.45, 2.75) is 17.6 Å². The predicted molar refractivity (Wildman–Crippen MR) is 65.9 cm³/mol. The first-order valence-corrected chi connectivity index (χ1v) is 6.77. The normalized spacial score (nSPS) is 17.5. The van der Waals surface area contributed by atoms with Crippen LogP contribution in [0.5, 0.6) is 0 Å². The highest BCUT2D eigenvalue weighted by molar-refractivity contribution is 9.10. The van der Waals surface area contributed by atoms with Gasteiger partial charge in [0.2, 0.25) is 0 Å². The van der Waals surface area contributed by atoms with Crippen LogP contribution in [-0.2, 0) is 0 Å². The fourth-order valence-electron chi connectivity index (χ4n) is 1.38. The van der Waals surface area contributed by atoms with Gasteiger partial charge in [0.25, 0.3) is 0 Å². The van der Waals surface area contributed by atoms with Crippen molar-refractivity contribution in [1.82, 2.24) is 4.98 Å². The summed E-state index contributed by atoms with van der Waals surface area (Å²) in [5.74, 6) is 0.0415. The molecule has 0 unspecified atom stereocenters. The van der Waals surface area contributed by atoms with E-state index in [0.717, 1.165) is 6.54 Å². The molecule has 0 bridgehead atoms. The Balaban J connectivity index is 1.99. The highest BCUT2D eigenvalue weighted by Gasteiger charge is 2.41. The third-order valence-corrected chi connectivity index (χ3v) is 4.48. The topological polar surface area (TPSA) is 24.9 Å². The van der Waals surface area contributed by atoms with Crippen molar-refractivity contribution in [2.75, 3.05) is 18.1 Å². The molecule has 1 aliphatic rings. The maximum atomic E-state index is 13.4. The van der Waals surface area contributed by atoms with E-state index < -0.39 is 0 Å². The number of hydrogen-bond acceptors (Lipinski definition) is 3. The summed E-state index contributed by atoms with van der Waals surface area (Å²) in [5, 5.41) is 3.07. The van der Waals surface area contributed by atoms with Crippen LogP contribution >= 0.6 is 27.7 Å². The first-order chi connectivity index (χ1) is 7.15. The van der Waals surface area contributed by atoms with Gasteiger partial charge in [-0.15, -0.1) is 0 Å². The molecule has 1 heterocycles. The summed E-state index contributed by atoms with van der Waals surface area (Å²) < 4.78 is 14.4. The predicted octanol–water partition coefficient (Wildman–Crippen LogP) is 3.29. The van der Waals surface area contributed by atoms with Gasteiger partial charge in [0.1, 0.15) is 0 Å². The van der Waals surface area contributed by atoms with Gasteiger partial charge >= 0.3 is 0 Å². The minimum Gasteiger partial charge on any atom is -0.366 e. The standard InChI is InChI=1S/C10H12BrFN2S/c1-15-10(2-3-10)6-14-9-8(12)4-7(11)5-13-9/h4-5H,2-3,6H2,1H3,(H,13,14). The summed E-state index contributed by atoms with van der Waals surface area (Å²) >= 11 is 5.02. The Morgan fingerprint density at radius 2 is 2.40 bits per heavy atom. The van der Waals surface area contributed by atoms with E-state index in [-0.39, 0.29) is 5.82 Å². The van der Waals surface area contributed by atoms with E-state index in [1.54, 1.807) is 6.20 Å². The maximum absolute atomic E-state index is 13.4. The lowest BCUT2D eigenvalue weighted by Gasteiger charge is -2.13. The van der Waals surface area contributed by atoms with E-state index in [4.69, 9.17) is 0 Å². The molecule has 0 saturated heterocycles. The third-order valence-electron chi connectivity index (χ3n) is 2.63. The molecule has 0 amide bonds. The van der Waals surface area contributed by atoms with Gasteiger partial charge in [0, 0.05) is 22.0 Å². The Bertz CT molecular complexity index is 368. The molecule has 1 aliphatic carbocycles. The number of nitrogens with zero attached hydrogens (tertiary/aromatic N) is 1. The largest absolute Gasteiger partial charge is 0.366 e. The van der Waals surface area contributed by atoms with Crippen molar-refractivity contribution in [3.8, 4) is 0 Å². The van der Waals surface area contributed by atoms with Crippen LogP contribution in [0, 0.1) is 5.82 Å². The summed E-state index contributed by atoms with van der Waals surface area (Å²) in [6.07, 6.45) is 6.11. The number of aromatic nitrogens is 1. The molecule has 0 atom stereocenters. The van der Waals surface area contributed by atoms with Crippen molar-refractivity contribution < 1.29 is 4.39 Å². The van der Waals surface area contributed by atoms with E-state index in [0.29, 0.717) is 15.0 Å². The van der Waals surface area contributed by atoms with Gasteiger partial charge in [0.15, 0.2) is 11.6 Å². The zero-order valence-corrected chi connectivity index (χ0v) is 10.8. The van der Waals surface area contributed by atoms with Gasteiger partial charge in [-0.05, 0) is 41.1 Å². The maximum Gasteiger partial charge on any atom is 0.166 e. The minimum atomic E-state index is -0.304. The van der Waals surface area contributed by atoms with Crippen LogP contribution in [0.25, 0.3) is 0 Å². The van der Waals surface area contributed by atoms with Crippen molar-refractivity contribution in [3.63, 3.8) is 0 Å². The van der Waals surface area contributed by atoms with Crippen LogP contribution in [0.1, 0.15) is 12.8 Å². The third kappa shape index (κ3) is 2.64. The van der Waals surface area contributed by atoms with E-state index >= 15 is 0 Å². The van der Waals surface area contributed by atoms with E-state index in [1.807, 2.05) is 11.8 Å². The Hall–Kier alpha value is -0.290. The van der Waals surface area contributed by atoms with Crippen molar-refractivity contribution >= 4 is 33.5 Å². The second-order valence-corrected chi connectivity index (χ2v) is 5.91. The highest BCUT2D eigenvalue weighted by Crippen LogP contribution is 2.47. The average molecular weight is 291 g/mol. The molecule has 15 heavy (non-hydrogen) atoms. The van der Waals surface area contributed by atoms with Crippen molar-refractivity contribution in [3.05, 3.63) is 22.6 Å². The summed E-state index contributed by atoms with van der Waals surface area (Å²) in [7, 11) is 0. The second kappa shape index (κ2) is 4.29. The molecule has 0 aliphatic heterocycles. The van der Waals surface area contributed by atoms with Gasteiger partial charge in [-0.2, -0.15) is 11.8 Å². The zero-order chi connectivity index (χ0) is 10.9. The summed E-state index contributed by atoms with van der Waals surface area (Å²) in [6, 6.07) is 1.42. The van der Waals surface area contributed by atoms with Crippen LogP contribution in [-0.4, -0.2) is 22.5 Å². The Labute approximate surface area is 101 Å². The van der Waals surface area contributed by atoms with Crippen molar-refractivity contribution in [2.24, 2.45) is 0 Å². The monoisotopic (exact) mass is 290 g/mol. The highest BCUT2D eigenvalue weighted by atomic mass is 79.9. The van der Waals surface area contributed by atoms with Gasteiger partial charge in [-0.25, -0.2) is 9.37 Å². The van der Waals surface area contributed by atoms with Crippen LogP contribution < -0.4 is 5.32 Å². The van der Waals surface area contributed by atoms with E-state index in [9.17, 15) is 4.39 Å². The average Bonchev–Trinajstić information content (AvgIpc) is 2.97. The number of hydrogen-bond donors (Lipinski definition) is 1. The Morgan fingerprint density at radius 3 is 2.93 bits per heavy atom. The summed E-state index contributed by atoms with van der Waals surface area (Å²) in [4.78, 5) is 4.00. The molecule has 1 saturated carbocycles. The van der Waals surface area contributed by atoms with Gasteiger partial charge in [-0.1, -0.05) is 0 Å². The molecular weight excluding hydrogens is 279 g/mol. The Kier molecular flexibility index (Phi) is 3.21. The molecule has 2 rings (SSSR count). The van der Waals surface area contributed by atoms with Gasteiger partial charge < -0.3 is 5.32 Å². The molecule has 5 heteroatoms. The second-order valence-electron chi connectivity index (χ2n) is 3.72. The van der Waals surface area contributed by atoms with Gasteiger partial charge in [0.05, 0.1) is 0 Å². The fourth-order valence-corrected chi connectivity index (χ4v) is 2.41. The number of halogens is 2. The molecule has 1 fully saturated rings. The summed E-state index contributed by atoms with van der Waals surface area (Å²) in [6.45, 7) is 0.791. The molecular formula is C10H12BrFN2S. The lowest BCUT2D eigenvalue weighted by molar-refractivity contribution is 0.623. The molecule has 0 spiro atoms. The minimum absolute atomic E-state index is 0.304. The molecule has 1 N–H and O–H groups in total. The van der Waals surface area contributed by atoms with E-state index in [2.05, 4.69) is 32.5 Å². The Morgan fingerprint density at radius 1 is 1.67 bits per heavy atom. The van der Waals surface area contributed by atoms with Crippen molar-refractivity contribution in [1.29, 1.82) is 0 Å². The van der Waals surface area contributed by atoms with Gasteiger partial charge in [-0.3, -0.25) is 0 Å². The molecule has 0 radical (unpaired) electrons. The lowest BCUT2D eigenvalue weighted by Crippen LogP contribution is -2.18. The zero-order valence-electron chi connectivity index (χ0n) is 8.39. The number of nitrogens with one attached hydrogen (secondary N) is 1. The first-order valence-electron chi connectivity index (χ1n) is 4.75. The van der Waals surface area contributed by atoms with Crippen LogP contribution in [0.2, 0.25) is 0 Å². The number of thioether (sulfide) groups is 1. The SMILES string of the molecule is CSC1(CNc2ncc(Br)cc2F)CC1. The molecule has 1 aromatic rings. The van der Waals surface area contributed by atoms with Crippen LogP contribution in [0.4, 0.5) is 10.2 Å². The molecule has 82 valence electrons. The number of rotatable bonds is 4. The molecule has 0 aromatic carbocycles.